The molecule has 390 valence electrons. The fourth-order valence-corrected chi connectivity index (χ4v) is 8.84. The summed E-state index contributed by atoms with van der Waals surface area (Å²) in [5, 5.41) is 0. The van der Waals surface area contributed by atoms with Gasteiger partial charge in [-0.2, -0.15) is 0 Å². The van der Waals surface area contributed by atoms with Crippen LogP contribution < -0.4 is 9.47 Å². The zero-order valence-electron chi connectivity index (χ0n) is 44.9. The summed E-state index contributed by atoms with van der Waals surface area (Å²) in [6.07, 6.45) is 60.8. The van der Waals surface area contributed by atoms with Crippen LogP contribution in [0.5, 0.6) is 11.5 Å². The summed E-state index contributed by atoms with van der Waals surface area (Å²) in [7, 11) is 0. The molecule has 0 saturated carbocycles. The Morgan fingerprint density at radius 3 is 1.09 bits per heavy atom. The summed E-state index contributed by atoms with van der Waals surface area (Å²) in [5.41, 5.74) is 0.724. The van der Waals surface area contributed by atoms with E-state index in [4.69, 9.17) is 14.2 Å². The molecule has 1 rings (SSSR count). The molecular weight excluding hydrogens is 841 g/mol. The molecule has 1 aromatic carbocycles. The third-order valence-corrected chi connectivity index (χ3v) is 13.2. The third kappa shape index (κ3) is 38.7. The second-order valence-electron chi connectivity index (χ2n) is 19.6. The Morgan fingerprint density at radius 2 is 0.721 bits per heavy atom. The predicted molar refractivity (Wildman–Crippen MR) is 291 cm³/mol. The van der Waals surface area contributed by atoms with E-state index in [2.05, 4.69) is 57.2 Å². The molecule has 0 aliphatic rings. The quantitative estimate of drug-likeness (QED) is 0.0280. The van der Waals surface area contributed by atoms with E-state index in [-0.39, 0.29) is 29.4 Å². The number of hydrogen-bond donors (Lipinski definition) is 0. The Hall–Kier alpha value is -3.15. The van der Waals surface area contributed by atoms with Gasteiger partial charge in [-0.25, -0.2) is 0 Å². The molecule has 6 heteroatoms. The lowest BCUT2D eigenvalue weighted by atomic mass is 9.92. The van der Waals surface area contributed by atoms with Gasteiger partial charge in [0.15, 0.2) is 11.5 Å². The summed E-state index contributed by atoms with van der Waals surface area (Å²) in [6.45, 7) is 8.92. The Labute approximate surface area is 420 Å². The van der Waals surface area contributed by atoms with Gasteiger partial charge in [0.25, 0.3) is 0 Å². The Bertz CT molecular complexity index is 1410. The largest absolute Gasteiger partial charge is 0.466 e. The van der Waals surface area contributed by atoms with Crippen LogP contribution in [0, 0.1) is 0 Å². The molecule has 1 atom stereocenters. The number of unbranched alkanes of at least 4 members (excludes halogenated alkanes) is 32. The molecule has 0 aromatic heterocycles. The highest BCUT2D eigenvalue weighted by Crippen LogP contribution is 2.35. The number of carbonyl (C=O) groups excluding carboxylic acids is 3. The third-order valence-electron chi connectivity index (χ3n) is 13.2. The van der Waals surface area contributed by atoms with Gasteiger partial charge in [0.2, 0.25) is 0 Å². The standard InChI is InChI=1S/C62H106O6/c1-5-9-12-15-18-21-24-27-30-33-36-39-42-45-48-51-60(63)67-58-54-53-56(57(62(65)66-8-4)50-47-44-41-38-35-32-29-26-23-20-17-14-11-7-3)55-59(58)68-61(64)52-49-46-43-40-37-34-31-28-25-22-19-16-13-10-6-2/h27-32,53-55,57H,5-26,33-52H2,1-4H3. The first-order valence-corrected chi connectivity index (χ1v) is 29.1. The average molecular weight is 948 g/mol. The number of benzene rings is 1. The Morgan fingerprint density at radius 1 is 0.397 bits per heavy atom. The fourth-order valence-electron chi connectivity index (χ4n) is 8.84. The van der Waals surface area contributed by atoms with Crippen LogP contribution in [-0.4, -0.2) is 24.5 Å². The van der Waals surface area contributed by atoms with Crippen LogP contribution in [0.3, 0.4) is 0 Å². The van der Waals surface area contributed by atoms with Gasteiger partial charge < -0.3 is 14.2 Å². The summed E-state index contributed by atoms with van der Waals surface area (Å²) in [5.74, 6) is -0.996. The molecule has 0 spiro atoms. The number of hydrogen-bond acceptors (Lipinski definition) is 6. The number of ether oxygens (including phenoxy) is 3. The van der Waals surface area contributed by atoms with Crippen molar-refractivity contribution in [3.63, 3.8) is 0 Å². The van der Waals surface area contributed by atoms with Crippen LogP contribution in [0.25, 0.3) is 0 Å². The fraction of sp³-hybridized carbons (Fsp3) is 0.758. The van der Waals surface area contributed by atoms with Crippen molar-refractivity contribution in [2.75, 3.05) is 6.61 Å². The topological polar surface area (TPSA) is 78.9 Å². The van der Waals surface area contributed by atoms with E-state index in [0.717, 1.165) is 102 Å². The molecule has 0 N–H and O–H groups in total. The molecule has 0 bridgehead atoms. The predicted octanol–water partition coefficient (Wildman–Crippen LogP) is 19.9. The smallest absolute Gasteiger partial charge is 0.313 e. The van der Waals surface area contributed by atoms with Gasteiger partial charge in [0.05, 0.1) is 12.5 Å². The number of carbonyl (C=O) groups is 3. The van der Waals surface area contributed by atoms with Crippen molar-refractivity contribution < 1.29 is 28.6 Å². The maximum absolute atomic E-state index is 13.4. The second kappa shape index (κ2) is 48.9. The van der Waals surface area contributed by atoms with Gasteiger partial charge in [0.1, 0.15) is 0 Å². The van der Waals surface area contributed by atoms with Crippen LogP contribution in [-0.2, 0) is 19.1 Å². The number of esters is 3. The second-order valence-corrected chi connectivity index (χ2v) is 19.6. The van der Waals surface area contributed by atoms with Crippen LogP contribution in [0.15, 0.2) is 54.7 Å². The van der Waals surface area contributed by atoms with Crippen LogP contribution in [0.1, 0.15) is 302 Å². The van der Waals surface area contributed by atoms with Crippen molar-refractivity contribution in [2.24, 2.45) is 0 Å². The zero-order chi connectivity index (χ0) is 49.2. The van der Waals surface area contributed by atoms with Crippen molar-refractivity contribution in [2.45, 2.75) is 297 Å². The molecule has 1 unspecified atom stereocenters. The minimum absolute atomic E-state index is 0.209. The van der Waals surface area contributed by atoms with Crippen molar-refractivity contribution in [1.82, 2.24) is 0 Å². The van der Waals surface area contributed by atoms with Crippen molar-refractivity contribution in [3.05, 3.63) is 60.2 Å². The molecule has 0 heterocycles. The van der Waals surface area contributed by atoms with E-state index in [1.807, 2.05) is 13.0 Å². The lowest BCUT2D eigenvalue weighted by molar-refractivity contribution is -0.145. The van der Waals surface area contributed by atoms with Crippen LogP contribution >= 0.6 is 0 Å². The molecule has 1 aromatic rings. The zero-order valence-corrected chi connectivity index (χ0v) is 44.9. The van der Waals surface area contributed by atoms with E-state index >= 15 is 0 Å². The molecule has 0 fully saturated rings. The van der Waals surface area contributed by atoms with Crippen molar-refractivity contribution in [3.8, 4) is 11.5 Å². The van der Waals surface area contributed by atoms with Gasteiger partial charge in [-0.3, -0.25) is 14.4 Å². The first-order valence-electron chi connectivity index (χ1n) is 29.1. The van der Waals surface area contributed by atoms with Crippen LogP contribution in [0.2, 0.25) is 0 Å². The molecule has 0 aliphatic carbocycles. The van der Waals surface area contributed by atoms with Gasteiger partial charge in [0, 0.05) is 12.8 Å². The first-order chi connectivity index (χ1) is 33.5. The molecule has 68 heavy (non-hydrogen) atoms. The van der Waals surface area contributed by atoms with E-state index in [1.165, 1.54) is 148 Å². The van der Waals surface area contributed by atoms with E-state index < -0.39 is 5.92 Å². The lowest BCUT2D eigenvalue weighted by Crippen LogP contribution is -2.17. The summed E-state index contributed by atoms with van der Waals surface area (Å²) in [4.78, 5) is 39.8. The summed E-state index contributed by atoms with van der Waals surface area (Å²) < 4.78 is 17.4. The monoisotopic (exact) mass is 947 g/mol. The average Bonchev–Trinajstić information content (AvgIpc) is 3.33. The van der Waals surface area contributed by atoms with Crippen molar-refractivity contribution >= 4 is 17.9 Å². The minimum Gasteiger partial charge on any atom is -0.466 e. The molecule has 0 saturated heterocycles. The van der Waals surface area contributed by atoms with Gasteiger partial charge in [-0.15, -0.1) is 0 Å². The molecule has 0 amide bonds. The van der Waals surface area contributed by atoms with Crippen LogP contribution in [0.4, 0.5) is 0 Å². The van der Waals surface area contributed by atoms with Gasteiger partial charge in [-0.1, -0.05) is 217 Å². The summed E-state index contributed by atoms with van der Waals surface area (Å²) >= 11 is 0. The van der Waals surface area contributed by atoms with E-state index in [0.29, 0.717) is 25.9 Å². The van der Waals surface area contributed by atoms with Crippen molar-refractivity contribution in [1.29, 1.82) is 0 Å². The first kappa shape index (κ1) is 62.9. The van der Waals surface area contributed by atoms with E-state index in [1.54, 1.807) is 12.1 Å². The Kier molecular flexibility index (Phi) is 45.2. The molecule has 0 radical (unpaired) electrons. The highest BCUT2D eigenvalue weighted by atomic mass is 16.6. The molecule has 6 nitrogen and oxygen atoms in total. The Balaban J connectivity index is 2.71. The maximum Gasteiger partial charge on any atom is 0.313 e. The van der Waals surface area contributed by atoms with Gasteiger partial charge in [-0.05, 0) is 121 Å². The highest BCUT2D eigenvalue weighted by Gasteiger charge is 2.25. The van der Waals surface area contributed by atoms with E-state index in [9.17, 15) is 14.4 Å². The highest BCUT2D eigenvalue weighted by molar-refractivity contribution is 5.80. The minimum atomic E-state index is -0.490. The number of allylic oxidation sites excluding steroid dienone is 6. The molecular formula is C62H106O6. The SMILES string of the molecule is CCCCCCCCC=CCCCCCCCC(=O)Oc1ccc(C(CCCCCCC=CCCCCCCCC)C(=O)OCC)cc1OC(=O)CCCCCCCC=CCCCCCCCC. The lowest BCUT2D eigenvalue weighted by Gasteiger charge is -2.18. The maximum atomic E-state index is 13.4. The summed E-state index contributed by atoms with van der Waals surface area (Å²) in [6, 6.07) is 5.27. The molecule has 0 aliphatic heterocycles. The number of rotatable bonds is 49. The van der Waals surface area contributed by atoms with Gasteiger partial charge >= 0.3 is 17.9 Å². The normalized spacial score (nSPS) is 12.2.